The van der Waals surface area contributed by atoms with Crippen LogP contribution in [0.15, 0.2) is 24.3 Å². The monoisotopic (exact) mass is 273 g/mol. The molecule has 0 spiro atoms. The minimum Gasteiger partial charge on any atom is -0.326 e. The van der Waals surface area contributed by atoms with E-state index < -0.39 is 0 Å². The number of carbonyl (C=O) groups is 1. The average Bonchev–Trinajstić information content (AvgIpc) is 2.92. The molecule has 0 bridgehead atoms. The standard InChI is InChI=1S/C16H23N3O/c17-9-12-5-7-15(8-6-12)18-16(20)19-10-13-3-1-2-4-14(13)11-19/h5-8,13-14H,1-4,9-11,17H2,(H,18,20)/t13-,14+. The van der Waals surface area contributed by atoms with E-state index in [1.807, 2.05) is 29.2 Å². The largest absolute Gasteiger partial charge is 0.326 e. The van der Waals surface area contributed by atoms with Gasteiger partial charge in [-0.05, 0) is 42.4 Å². The Labute approximate surface area is 120 Å². The van der Waals surface area contributed by atoms with Crippen molar-refractivity contribution in [3.63, 3.8) is 0 Å². The van der Waals surface area contributed by atoms with Crippen molar-refractivity contribution in [3.05, 3.63) is 29.8 Å². The van der Waals surface area contributed by atoms with Gasteiger partial charge in [0, 0.05) is 25.3 Å². The number of amides is 2. The molecule has 2 atom stereocenters. The first-order chi connectivity index (χ1) is 9.76. The van der Waals surface area contributed by atoms with E-state index in [-0.39, 0.29) is 6.03 Å². The van der Waals surface area contributed by atoms with Crippen LogP contribution in [0, 0.1) is 11.8 Å². The van der Waals surface area contributed by atoms with Gasteiger partial charge in [-0.2, -0.15) is 0 Å². The number of carbonyl (C=O) groups excluding carboxylic acids is 1. The van der Waals surface area contributed by atoms with Crippen molar-refractivity contribution in [2.75, 3.05) is 18.4 Å². The highest BCUT2D eigenvalue weighted by Gasteiger charge is 2.36. The zero-order chi connectivity index (χ0) is 13.9. The van der Waals surface area contributed by atoms with Crippen LogP contribution in [0.2, 0.25) is 0 Å². The van der Waals surface area contributed by atoms with Crippen LogP contribution in [0.3, 0.4) is 0 Å². The molecule has 2 aliphatic rings. The zero-order valence-corrected chi connectivity index (χ0v) is 11.8. The molecule has 4 nitrogen and oxygen atoms in total. The van der Waals surface area contributed by atoms with Gasteiger partial charge in [0.25, 0.3) is 0 Å². The maximum Gasteiger partial charge on any atom is 0.321 e. The molecule has 2 fully saturated rings. The number of nitrogens with two attached hydrogens (primary N) is 1. The summed E-state index contributed by atoms with van der Waals surface area (Å²) in [5.74, 6) is 1.46. The number of hydrogen-bond acceptors (Lipinski definition) is 2. The molecule has 0 aromatic heterocycles. The van der Waals surface area contributed by atoms with Crippen molar-refractivity contribution in [2.45, 2.75) is 32.2 Å². The van der Waals surface area contributed by atoms with Crippen molar-refractivity contribution < 1.29 is 4.79 Å². The molecule has 1 heterocycles. The number of urea groups is 1. The van der Waals surface area contributed by atoms with Crippen LogP contribution >= 0.6 is 0 Å². The Morgan fingerprint density at radius 3 is 2.30 bits per heavy atom. The van der Waals surface area contributed by atoms with Gasteiger partial charge in [0.05, 0.1) is 0 Å². The molecule has 1 aliphatic heterocycles. The van der Waals surface area contributed by atoms with Crippen LogP contribution < -0.4 is 11.1 Å². The minimum absolute atomic E-state index is 0.0416. The van der Waals surface area contributed by atoms with E-state index in [9.17, 15) is 4.79 Å². The van der Waals surface area contributed by atoms with Crippen LogP contribution in [-0.4, -0.2) is 24.0 Å². The van der Waals surface area contributed by atoms with Gasteiger partial charge in [-0.15, -0.1) is 0 Å². The van der Waals surface area contributed by atoms with Crippen LogP contribution in [-0.2, 0) is 6.54 Å². The Morgan fingerprint density at radius 1 is 1.15 bits per heavy atom. The lowest BCUT2D eigenvalue weighted by Gasteiger charge is -2.22. The van der Waals surface area contributed by atoms with E-state index in [0.717, 1.165) is 36.2 Å². The predicted octanol–water partition coefficient (Wildman–Crippen LogP) is 2.80. The summed E-state index contributed by atoms with van der Waals surface area (Å²) < 4.78 is 0. The van der Waals surface area contributed by atoms with Gasteiger partial charge in [0.1, 0.15) is 0 Å². The fraction of sp³-hybridized carbons (Fsp3) is 0.562. The molecule has 1 saturated heterocycles. The van der Waals surface area contributed by atoms with Gasteiger partial charge < -0.3 is 16.0 Å². The second-order valence-corrected chi connectivity index (χ2v) is 6.04. The van der Waals surface area contributed by atoms with Gasteiger partial charge in [0.2, 0.25) is 0 Å². The summed E-state index contributed by atoms with van der Waals surface area (Å²) >= 11 is 0. The number of anilines is 1. The first kappa shape index (κ1) is 13.4. The van der Waals surface area contributed by atoms with Crippen molar-refractivity contribution in [1.82, 2.24) is 4.90 Å². The van der Waals surface area contributed by atoms with Gasteiger partial charge in [0.15, 0.2) is 0 Å². The Morgan fingerprint density at radius 2 is 1.75 bits per heavy atom. The Hall–Kier alpha value is -1.55. The van der Waals surface area contributed by atoms with Crippen LogP contribution in [0.4, 0.5) is 10.5 Å². The number of nitrogens with one attached hydrogen (secondary N) is 1. The van der Waals surface area contributed by atoms with Crippen molar-refractivity contribution >= 4 is 11.7 Å². The van der Waals surface area contributed by atoms with E-state index in [1.54, 1.807) is 0 Å². The first-order valence-electron chi connectivity index (χ1n) is 7.61. The van der Waals surface area contributed by atoms with Crippen molar-refractivity contribution in [3.8, 4) is 0 Å². The molecular weight excluding hydrogens is 250 g/mol. The maximum absolute atomic E-state index is 12.3. The smallest absolute Gasteiger partial charge is 0.321 e. The van der Waals surface area contributed by atoms with Gasteiger partial charge in [-0.1, -0.05) is 25.0 Å². The highest BCUT2D eigenvalue weighted by Crippen LogP contribution is 2.36. The quantitative estimate of drug-likeness (QED) is 0.870. The molecule has 108 valence electrons. The third kappa shape index (κ3) is 2.80. The summed E-state index contributed by atoms with van der Waals surface area (Å²) in [5.41, 5.74) is 7.50. The summed E-state index contributed by atoms with van der Waals surface area (Å²) in [6.45, 7) is 2.39. The van der Waals surface area contributed by atoms with Crippen molar-refractivity contribution in [1.29, 1.82) is 0 Å². The molecule has 20 heavy (non-hydrogen) atoms. The maximum atomic E-state index is 12.3. The molecule has 1 aromatic carbocycles. The Kier molecular flexibility index (Phi) is 3.92. The number of benzene rings is 1. The molecular formula is C16H23N3O. The van der Waals surface area contributed by atoms with Crippen LogP contribution in [0.1, 0.15) is 31.2 Å². The number of fused-ring (bicyclic) bond motifs is 1. The molecule has 3 N–H and O–H groups in total. The average molecular weight is 273 g/mol. The number of likely N-dealkylation sites (tertiary alicyclic amines) is 1. The summed E-state index contributed by atoms with van der Waals surface area (Å²) in [6, 6.07) is 7.80. The molecule has 1 aromatic rings. The zero-order valence-electron chi connectivity index (χ0n) is 11.8. The van der Waals surface area contributed by atoms with E-state index in [2.05, 4.69) is 5.32 Å². The molecule has 3 rings (SSSR count). The number of hydrogen-bond donors (Lipinski definition) is 2. The summed E-state index contributed by atoms with van der Waals surface area (Å²) in [4.78, 5) is 14.3. The molecule has 0 radical (unpaired) electrons. The van der Waals surface area contributed by atoms with Gasteiger partial charge in [-0.25, -0.2) is 4.79 Å². The van der Waals surface area contributed by atoms with Crippen LogP contribution in [0.5, 0.6) is 0 Å². The minimum atomic E-state index is 0.0416. The lowest BCUT2D eigenvalue weighted by Crippen LogP contribution is -2.33. The third-order valence-electron chi connectivity index (χ3n) is 4.70. The highest BCUT2D eigenvalue weighted by molar-refractivity contribution is 5.89. The summed E-state index contributed by atoms with van der Waals surface area (Å²) in [7, 11) is 0. The lowest BCUT2D eigenvalue weighted by atomic mass is 9.82. The molecule has 2 amide bonds. The SMILES string of the molecule is NCc1ccc(NC(=O)N2C[C@H]3CCCC[C@H]3C2)cc1. The first-order valence-corrected chi connectivity index (χ1v) is 7.61. The Bertz CT molecular complexity index is 457. The highest BCUT2D eigenvalue weighted by atomic mass is 16.2. The molecule has 1 saturated carbocycles. The van der Waals surface area contributed by atoms with Crippen molar-refractivity contribution in [2.24, 2.45) is 17.6 Å². The topological polar surface area (TPSA) is 58.4 Å². The molecule has 0 unspecified atom stereocenters. The predicted molar refractivity (Wildman–Crippen MR) is 80.4 cm³/mol. The van der Waals surface area contributed by atoms with E-state index in [4.69, 9.17) is 5.73 Å². The molecule has 1 aliphatic carbocycles. The normalized spacial score (nSPS) is 25.4. The fourth-order valence-corrected chi connectivity index (χ4v) is 3.50. The van der Waals surface area contributed by atoms with E-state index in [0.29, 0.717) is 6.54 Å². The second-order valence-electron chi connectivity index (χ2n) is 6.04. The lowest BCUT2D eigenvalue weighted by molar-refractivity contribution is 0.220. The molecule has 4 heteroatoms. The second kappa shape index (κ2) is 5.83. The van der Waals surface area contributed by atoms with E-state index >= 15 is 0 Å². The fourth-order valence-electron chi connectivity index (χ4n) is 3.50. The summed E-state index contributed by atoms with van der Waals surface area (Å²) in [6.07, 6.45) is 5.24. The number of rotatable bonds is 2. The van der Waals surface area contributed by atoms with Crippen LogP contribution in [0.25, 0.3) is 0 Å². The Balaban J connectivity index is 1.59. The van der Waals surface area contributed by atoms with Gasteiger partial charge >= 0.3 is 6.03 Å². The number of nitrogens with zero attached hydrogens (tertiary/aromatic N) is 1. The third-order valence-corrected chi connectivity index (χ3v) is 4.70. The van der Waals surface area contributed by atoms with E-state index in [1.165, 1.54) is 25.7 Å². The summed E-state index contributed by atoms with van der Waals surface area (Å²) in [5, 5.41) is 2.99. The van der Waals surface area contributed by atoms with Gasteiger partial charge in [-0.3, -0.25) is 0 Å².